The Bertz CT molecular complexity index is 853. The van der Waals surface area contributed by atoms with Gasteiger partial charge in [-0.2, -0.15) is 0 Å². The molecule has 106 valence electrons. The summed E-state index contributed by atoms with van der Waals surface area (Å²) in [5.41, 5.74) is 9.36. The lowest BCUT2D eigenvalue weighted by Crippen LogP contribution is -1.87. The number of halogens is 2. The van der Waals surface area contributed by atoms with Crippen LogP contribution < -0.4 is 5.73 Å². The minimum atomic E-state index is 0.465. The molecule has 0 saturated heterocycles. The van der Waals surface area contributed by atoms with E-state index in [1.807, 2.05) is 12.2 Å². The van der Waals surface area contributed by atoms with Crippen molar-refractivity contribution in [2.75, 3.05) is 5.73 Å². The van der Waals surface area contributed by atoms with Crippen LogP contribution in [0.2, 0.25) is 10.0 Å². The lowest BCUT2D eigenvalue weighted by molar-refractivity contribution is 1.43. The molecule has 5 heteroatoms. The number of benzene rings is 2. The molecule has 0 fully saturated rings. The normalized spacial score (nSPS) is 11.6. The molecule has 0 aliphatic heterocycles. The maximum absolute atomic E-state index is 6.16. The van der Waals surface area contributed by atoms with Crippen LogP contribution in [0.5, 0.6) is 0 Å². The number of aryl methyl sites for hydroxylation is 1. The van der Waals surface area contributed by atoms with Gasteiger partial charge in [-0.25, -0.2) is 4.98 Å². The van der Waals surface area contributed by atoms with Crippen LogP contribution in [0.1, 0.15) is 16.1 Å². The van der Waals surface area contributed by atoms with Crippen molar-refractivity contribution >= 4 is 62.6 Å². The van der Waals surface area contributed by atoms with Crippen LogP contribution in [-0.4, -0.2) is 4.98 Å². The Labute approximate surface area is 136 Å². The molecule has 3 rings (SSSR count). The molecule has 0 amide bonds. The average molecular weight is 335 g/mol. The average Bonchev–Trinajstić information content (AvgIpc) is 2.83. The predicted molar refractivity (Wildman–Crippen MR) is 94.2 cm³/mol. The summed E-state index contributed by atoms with van der Waals surface area (Å²) < 4.78 is 1.17. The first-order valence-corrected chi connectivity index (χ1v) is 7.90. The van der Waals surface area contributed by atoms with Gasteiger partial charge < -0.3 is 5.73 Å². The Morgan fingerprint density at radius 1 is 1.10 bits per heavy atom. The van der Waals surface area contributed by atoms with Crippen LogP contribution >= 0.6 is 34.5 Å². The number of nitrogens with two attached hydrogens (primary N) is 1. The molecule has 0 aliphatic rings. The van der Waals surface area contributed by atoms with Crippen LogP contribution in [0, 0.1) is 6.92 Å². The Hall–Kier alpha value is -1.55. The van der Waals surface area contributed by atoms with E-state index in [1.54, 1.807) is 23.5 Å². The third-order valence-corrected chi connectivity index (χ3v) is 4.74. The van der Waals surface area contributed by atoms with E-state index in [0.717, 1.165) is 16.1 Å². The fourth-order valence-corrected chi connectivity index (χ4v) is 3.30. The fourth-order valence-electron chi connectivity index (χ4n) is 2.00. The van der Waals surface area contributed by atoms with Gasteiger partial charge in [0.1, 0.15) is 5.01 Å². The molecular formula is C16H12Cl2N2S. The van der Waals surface area contributed by atoms with Gasteiger partial charge in [0.15, 0.2) is 0 Å². The Morgan fingerprint density at radius 3 is 2.71 bits per heavy atom. The minimum absolute atomic E-state index is 0.465. The second-order valence-corrected chi connectivity index (χ2v) is 6.63. The monoisotopic (exact) mass is 334 g/mol. The molecule has 0 atom stereocenters. The van der Waals surface area contributed by atoms with Crippen molar-refractivity contribution in [3.63, 3.8) is 0 Å². The third kappa shape index (κ3) is 3.05. The SMILES string of the molecule is Cc1ccc2sc(C=Cc3cc(N)c(Cl)cc3Cl)nc2c1. The standard InChI is InChI=1S/C16H12Cl2N2S/c1-9-2-4-15-14(6-9)20-16(21-15)5-3-10-7-13(19)12(18)8-11(10)17/h2-8H,19H2,1H3. The largest absolute Gasteiger partial charge is 0.398 e. The number of anilines is 1. The predicted octanol–water partition coefficient (Wildman–Crippen LogP) is 5.66. The highest BCUT2D eigenvalue weighted by Gasteiger charge is 2.04. The molecule has 3 aromatic rings. The van der Waals surface area contributed by atoms with Gasteiger partial charge in [-0.05, 0) is 48.4 Å². The van der Waals surface area contributed by atoms with E-state index in [2.05, 4.69) is 30.1 Å². The van der Waals surface area contributed by atoms with E-state index in [0.29, 0.717) is 15.7 Å². The molecule has 0 unspecified atom stereocenters. The first kappa shape index (κ1) is 14.4. The molecule has 2 nitrogen and oxygen atoms in total. The van der Waals surface area contributed by atoms with E-state index >= 15 is 0 Å². The summed E-state index contributed by atoms with van der Waals surface area (Å²) in [4.78, 5) is 4.59. The Morgan fingerprint density at radius 2 is 1.90 bits per heavy atom. The number of rotatable bonds is 2. The molecule has 0 saturated carbocycles. The van der Waals surface area contributed by atoms with Crippen molar-refractivity contribution in [2.45, 2.75) is 6.92 Å². The quantitative estimate of drug-likeness (QED) is 0.613. The summed E-state index contributed by atoms with van der Waals surface area (Å²) in [6, 6.07) is 9.67. The minimum Gasteiger partial charge on any atom is -0.398 e. The first-order chi connectivity index (χ1) is 10.0. The number of nitrogens with zero attached hydrogens (tertiary/aromatic N) is 1. The molecule has 1 heterocycles. The van der Waals surface area contributed by atoms with Crippen molar-refractivity contribution < 1.29 is 0 Å². The molecular weight excluding hydrogens is 323 g/mol. The van der Waals surface area contributed by atoms with Crippen LogP contribution in [0.3, 0.4) is 0 Å². The van der Waals surface area contributed by atoms with Crippen molar-refractivity contribution in [1.82, 2.24) is 4.98 Å². The number of nitrogen functional groups attached to an aromatic ring is 1. The smallest absolute Gasteiger partial charge is 0.117 e. The van der Waals surface area contributed by atoms with Gasteiger partial charge in [-0.3, -0.25) is 0 Å². The Kier molecular flexibility index (Phi) is 3.89. The number of hydrogen-bond donors (Lipinski definition) is 1. The lowest BCUT2D eigenvalue weighted by Gasteiger charge is -2.02. The molecule has 0 bridgehead atoms. The van der Waals surface area contributed by atoms with Crippen LogP contribution in [0.15, 0.2) is 30.3 Å². The zero-order chi connectivity index (χ0) is 15.0. The first-order valence-electron chi connectivity index (χ1n) is 6.33. The molecule has 0 aliphatic carbocycles. The maximum atomic E-state index is 6.16. The van der Waals surface area contributed by atoms with Gasteiger partial charge in [0.2, 0.25) is 0 Å². The third-order valence-electron chi connectivity index (χ3n) is 3.08. The van der Waals surface area contributed by atoms with Crippen molar-refractivity contribution in [1.29, 1.82) is 0 Å². The van der Waals surface area contributed by atoms with Gasteiger partial charge in [-0.1, -0.05) is 35.3 Å². The van der Waals surface area contributed by atoms with E-state index < -0.39 is 0 Å². The number of hydrogen-bond acceptors (Lipinski definition) is 3. The van der Waals surface area contributed by atoms with Crippen molar-refractivity contribution in [3.8, 4) is 0 Å². The van der Waals surface area contributed by atoms with E-state index in [1.165, 1.54) is 10.3 Å². The maximum Gasteiger partial charge on any atom is 0.117 e. The summed E-state index contributed by atoms with van der Waals surface area (Å²) >= 11 is 13.7. The molecule has 2 N–H and O–H groups in total. The molecule has 0 spiro atoms. The van der Waals surface area contributed by atoms with Gasteiger partial charge in [0, 0.05) is 5.02 Å². The number of thiazole rings is 1. The topological polar surface area (TPSA) is 38.9 Å². The molecule has 0 radical (unpaired) electrons. The summed E-state index contributed by atoms with van der Waals surface area (Å²) in [5.74, 6) is 0. The highest BCUT2D eigenvalue weighted by atomic mass is 35.5. The summed E-state index contributed by atoms with van der Waals surface area (Å²) in [5, 5.41) is 1.97. The zero-order valence-electron chi connectivity index (χ0n) is 11.2. The van der Waals surface area contributed by atoms with Crippen LogP contribution in [-0.2, 0) is 0 Å². The van der Waals surface area contributed by atoms with Gasteiger partial charge in [0.25, 0.3) is 0 Å². The van der Waals surface area contributed by atoms with Crippen molar-refractivity contribution in [2.24, 2.45) is 0 Å². The number of fused-ring (bicyclic) bond motifs is 1. The second kappa shape index (κ2) is 5.68. The van der Waals surface area contributed by atoms with Crippen molar-refractivity contribution in [3.05, 3.63) is 56.5 Å². The molecule has 2 aromatic carbocycles. The molecule has 21 heavy (non-hydrogen) atoms. The summed E-state index contributed by atoms with van der Waals surface area (Å²) in [6.07, 6.45) is 3.84. The van der Waals surface area contributed by atoms with Crippen LogP contribution in [0.25, 0.3) is 22.4 Å². The molecule has 1 aromatic heterocycles. The summed E-state index contributed by atoms with van der Waals surface area (Å²) in [6.45, 7) is 2.06. The Balaban J connectivity index is 1.96. The van der Waals surface area contributed by atoms with Gasteiger partial charge in [-0.15, -0.1) is 11.3 Å². The zero-order valence-corrected chi connectivity index (χ0v) is 13.6. The van der Waals surface area contributed by atoms with E-state index in [4.69, 9.17) is 28.9 Å². The highest BCUT2D eigenvalue weighted by Crippen LogP contribution is 2.29. The van der Waals surface area contributed by atoms with E-state index in [-0.39, 0.29) is 0 Å². The number of aromatic nitrogens is 1. The van der Waals surface area contributed by atoms with Crippen LogP contribution in [0.4, 0.5) is 5.69 Å². The highest BCUT2D eigenvalue weighted by molar-refractivity contribution is 7.19. The lowest BCUT2D eigenvalue weighted by atomic mass is 10.2. The second-order valence-electron chi connectivity index (χ2n) is 4.75. The fraction of sp³-hybridized carbons (Fsp3) is 0.0625. The summed E-state index contributed by atoms with van der Waals surface area (Å²) in [7, 11) is 0. The van der Waals surface area contributed by atoms with Gasteiger partial charge >= 0.3 is 0 Å². The van der Waals surface area contributed by atoms with E-state index in [9.17, 15) is 0 Å². The van der Waals surface area contributed by atoms with Gasteiger partial charge in [0.05, 0.1) is 20.9 Å².